The minimum atomic E-state index is -0.226. The molecule has 2 saturated heterocycles. The van der Waals surface area contributed by atoms with E-state index in [1.54, 1.807) is 7.05 Å². The maximum Gasteiger partial charge on any atom is 0.251 e. The van der Waals surface area contributed by atoms with Crippen LogP contribution in [0.15, 0.2) is 4.99 Å². The molecule has 152 valence electrons. The molecule has 3 rings (SSSR count). The van der Waals surface area contributed by atoms with Crippen molar-refractivity contribution in [2.24, 2.45) is 12.0 Å². The monoisotopic (exact) mass is 490 g/mol. The van der Waals surface area contributed by atoms with Crippen LogP contribution in [-0.2, 0) is 23.1 Å². The third-order valence-corrected chi connectivity index (χ3v) is 5.39. The van der Waals surface area contributed by atoms with Gasteiger partial charge in [0, 0.05) is 64.7 Å². The van der Waals surface area contributed by atoms with Crippen molar-refractivity contribution in [3.05, 3.63) is 17.0 Å². The van der Waals surface area contributed by atoms with Crippen molar-refractivity contribution >= 4 is 35.8 Å². The van der Waals surface area contributed by atoms with Crippen molar-refractivity contribution in [1.82, 2.24) is 24.9 Å². The van der Waals surface area contributed by atoms with Gasteiger partial charge in [0.25, 0.3) is 5.91 Å². The summed E-state index contributed by atoms with van der Waals surface area (Å²) in [5.41, 5.74) is 3.42. The fourth-order valence-corrected chi connectivity index (χ4v) is 3.69. The van der Waals surface area contributed by atoms with Crippen molar-refractivity contribution in [2.45, 2.75) is 39.3 Å². The van der Waals surface area contributed by atoms with Gasteiger partial charge in [-0.2, -0.15) is 5.10 Å². The van der Waals surface area contributed by atoms with E-state index >= 15 is 0 Å². The van der Waals surface area contributed by atoms with E-state index < -0.39 is 0 Å². The Kier molecular flexibility index (Phi) is 7.90. The zero-order chi connectivity index (χ0) is 18.7. The lowest BCUT2D eigenvalue weighted by atomic mass is 10.2. The lowest BCUT2D eigenvalue weighted by Crippen LogP contribution is -2.55. The van der Waals surface area contributed by atoms with Gasteiger partial charge in [0.15, 0.2) is 5.96 Å². The molecule has 0 spiro atoms. The van der Waals surface area contributed by atoms with E-state index in [4.69, 9.17) is 4.74 Å². The molecule has 8 nitrogen and oxygen atoms in total. The molecule has 0 aromatic carbocycles. The lowest BCUT2D eigenvalue weighted by Gasteiger charge is -2.37. The van der Waals surface area contributed by atoms with E-state index in [0.717, 1.165) is 43.3 Å². The Morgan fingerprint density at radius 2 is 1.93 bits per heavy atom. The largest absolute Gasteiger partial charge is 0.368 e. The molecule has 1 amide bonds. The van der Waals surface area contributed by atoms with Gasteiger partial charge < -0.3 is 19.9 Å². The summed E-state index contributed by atoms with van der Waals surface area (Å²) in [6.07, 6.45) is 1.61. The van der Waals surface area contributed by atoms with Gasteiger partial charge in [-0.25, -0.2) is 0 Å². The Balaban J connectivity index is 0.00000261. The summed E-state index contributed by atoms with van der Waals surface area (Å²) >= 11 is 0. The van der Waals surface area contributed by atoms with Gasteiger partial charge >= 0.3 is 0 Å². The van der Waals surface area contributed by atoms with Crippen LogP contribution in [0.2, 0.25) is 0 Å². The maximum atomic E-state index is 12.5. The molecule has 3 heterocycles. The lowest BCUT2D eigenvalue weighted by molar-refractivity contribution is -0.142. The minimum Gasteiger partial charge on any atom is -0.368 e. The molecule has 1 N–H and O–H groups in total. The molecule has 1 aromatic heterocycles. The van der Waals surface area contributed by atoms with Crippen molar-refractivity contribution < 1.29 is 9.53 Å². The fourth-order valence-electron chi connectivity index (χ4n) is 3.69. The van der Waals surface area contributed by atoms with Gasteiger partial charge in [-0.1, -0.05) is 0 Å². The highest BCUT2D eigenvalue weighted by Crippen LogP contribution is 2.16. The van der Waals surface area contributed by atoms with Crippen molar-refractivity contribution in [3.63, 3.8) is 0 Å². The van der Waals surface area contributed by atoms with E-state index in [1.807, 2.05) is 23.6 Å². The van der Waals surface area contributed by atoms with E-state index in [-0.39, 0.29) is 36.0 Å². The summed E-state index contributed by atoms with van der Waals surface area (Å²) < 4.78 is 7.43. The Morgan fingerprint density at radius 3 is 2.44 bits per heavy atom. The van der Waals surface area contributed by atoms with Crippen LogP contribution in [0.3, 0.4) is 0 Å². The van der Waals surface area contributed by atoms with Crippen molar-refractivity contribution in [3.8, 4) is 0 Å². The summed E-state index contributed by atoms with van der Waals surface area (Å²) in [7, 11) is 3.76. The number of nitrogens with one attached hydrogen (secondary N) is 1. The number of halogens is 1. The maximum absolute atomic E-state index is 12.5. The number of hydrogen-bond acceptors (Lipinski definition) is 4. The van der Waals surface area contributed by atoms with Gasteiger partial charge in [-0.15, -0.1) is 24.0 Å². The second-order valence-corrected chi connectivity index (χ2v) is 6.99. The highest BCUT2D eigenvalue weighted by atomic mass is 127. The fraction of sp³-hybridized carbons (Fsp3) is 0.722. The number of amides is 1. The topological polar surface area (TPSA) is 75.0 Å². The van der Waals surface area contributed by atoms with Gasteiger partial charge in [0.05, 0.1) is 5.69 Å². The molecule has 9 heteroatoms. The average molecular weight is 490 g/mol. The van der Waals surface area contributed by atoms with Crippen LogP contribution in [0.1, 0.15) is 29.8 Å². The molecule has 1 unspecified atom stereocenters. The molecule has 0 aliphatic carbocycles. The molecule has 1 aromatic rings. The van der Waals surface area contributed by atoms with Crippen molar-refractivity contribution in [2.75, 3.05) is 39.8 Å². The SMILES string of the molecule is CN=C(NCc1c(C)nn(C)c1C)N1CCN(C(=O)C2CCCO2)CC1.I. The van der Waals surface area contributed by atoms with E-state index in [9.17, 15) is 4.79 Å². The third-order valence-electron chi connectivity index (χ3n) is 5.39. The first-order valence-electron chi connectivity index (χ1n) is 9.36. The molecule has 0 bridgehead atoms. The standard InChI is InChI=1S/C18H30N6O2.HI/c1-13-15(14(2)22(4)21-13)12-20-18(19-3)24-9-7-23(8-10-24)17(25)16-6-5-11-26-16;/h16H,5-12H2,1-4H3,(H,19,20);1H. The second kappa shape index (κ2) is 9.72. The minimum absolute atomic E-state index is 0. The quantitative estimate of drug-likeness (QED) is 0.390. The molecule has 2 aliphatic heterocycles. The number of aromatic nitrogens is 2. The predicted molar refractivity (Wildman–Crippen MR) is 115 cm³/mol. The number of guanidine groups is 1. The predicted octanol–water partition coefficient (Wildman–Crippen LogP) is 1.05. The normalized spacial score (nSPS) is 20.6. The van der Waals surface area contributed by atoms with Gasteiger partial charge in [0.1, 0.15) is 6.10 Å². The Bertz CT molecular complexity index is 676. The number of nitrogens with zero attached hydrogens (tertiary/aromatic N) is 5. The molecule has 2 fully saturated rings. The van der Waals surface area contributed by atoms with Crippen LogP contribution in [0, 0.1) is 13.8 Å². The Hall–Kier alpha value is -1.36. The van der Waals surface area contributed by atoms with Crippen LogP contribution >= 0.6 is 24.0 Å². The highest BCUT2D eigenvalue weighted by Gasteiger charge is 2.30. The van der Waals surface area contributed by atoms with Crippen LogP contribution in [-0.4, -0.2) is 77.4 Å². The molecule has 1 atom stereocenters. The zero-order valence-corrected chi connectivity index (χ0v) is 19.0. The third kappa shape index (κ3) is 4.92. The smallest absolute Gasteiger partial charge is 0.251 e. The van der Waals surface area contributed by atoms with E-state index in [1.165, 1.54) is 5.56 Å². The Morgan fingerprint density at radius 1 is 1.26 bits per heavy atom. The number of hydrogen-bond donors (Lipinski definition) is 1. The summed E-state index contributed by atoms with van der Waals surface area (Å²) in [6.45, 7) is 8.51. The molecular weight excluding hydrogens is 459 g/mol. The molecular formula is C18H31IN6O2. The number of carbonyl (C=O) groups is 1. The van der Waals surface area contributed by atoms with Crippen molar-refractivity contribution in [1.29, 1.82) is 0 Å². The number of piperazine rings is 1. The van der Waals surface area contributed by atoms with Gasteiger partial charge in [-0.3, -0.25) is 14.5 Å². The summed E-state index contributed by atoms with van der Waals surface area (Å²) in [5.74, 6) is 1.02. The number of aliphatic imine (C=N–C) groups is 1. The Labute approximate surface area is 178 Å². The number of aryl methyl sites for hydroxylation is 2. The first-order valence-corrected chi connectivity index (χ1v) is 9.36. The van der Waals surface area contributed by atoms with Crippen LogP contribution in [0.5, 0.6) is 0 Å². The average Bonchev–Trinajstić information content (AvgIpc) is 3.26. The summed E-state index contributed by atoms with van der Waals surface area (Å²) in [4.78, 5) is 21.0. The van der Waals surface area contributed by atoms with E-state index in [0.29, 0.717) is 26.2 Å². The van der Waals surface area contributed by atoms with Crippen LogP contribution < -0.4 is 5.32 Å². The van der Waals surface area contributed by atoms with E-state index in [2.05, 4.69) is 27.2 Å². The molecule has 2 aliphatic rings. The zero-order valence-electron chi connectivity index (χ0n) is 16.7. The molecule has 0 saturated carbocycles. The van der Waals surface area contributed by atoms with Gasteiger partial charge in [-0.05, 0) is 26.7 Å². The van der Waals surface area contributed by atoms with Crippen LogP contribution in [0.25, 0.3) is 0 Å². The van der Waals surface area contributed by atoms with Crippen LogP contribution in [0.4, 0.5) is 0 Å². The first-order chi connectivity index (χ1) is 12.5. The van der Waals surface area contributed by atoms with Gasteiger partial charge in [0.2, 0.25) is 0 Å². The highest BCUT2D eigenvalue weighted by molar-refractivity contribution is 14.0. The summed E-state index contributed by atoms with van der Waals surface area (Å²) in [5, 5.41) is 7.91. The summed E-state index contributed by atoms with van der Waals surface area (Å²) in [6, 6.07) is 0. The second-order valence-electron chi connectivity index (χ2n) is 6.99. The number of ether oxygens (including phenoxy) is 1. The first kappa shape index (κ1) is 21.9. The molecule has 0 radical (unpaired) electrons. The molecule has 27 heavy (non-hydrogen) atoms. The number of carbonyl (C=O) groups excluding carboxylic acids is 1. The number of rotatable bonds is 3.